The lowest BCUT2D eigenvalue weighted by Gasteiger charge is -2.40. The summed E-state index contributed by atoms with van der Waals surface area (Å²) < 4.78 is 10.8. The molecule has 0 spiro atoms. The van der Waals surface area contributed by atoms with Crippen molar-refractivity contribution >= 4 is 17.6 Å². The molecule has 0 aromatic heterocycles. The summed E-state index contributed by atoms with van der Waals surface area (Å²) in [5.74, 6) is 0.132. The molecule has 0 unspecified atom stereocenters. The van der Waals surface area contributed by atoms with Crippen LogP contribution in [0.4, 0.5) is 5.69 Å². The first-order chi connectivity index (χ1) is 11.4. The number of rotatable bonds is 3. The number of hydrogen-bond donors (Lipinski definition) is 1. The Hall–Kier alpha value is -1.88. The van der Waals surface area contributed by atoms with Gasteiger partial charge in [0.05, 0.1) is 19.3 Å². The minimum atomic E-state index is -0.717. The van der Waals surface area contributed by atoms with Crippen LogP contribution in [0.1, 0.15) is 43.5 Å². The molecule has 1 aliphatic heterocycles. The van der Waals surface area contributed by atoms with Gasteiger partial charge in [-0.25, -0.2) is 4.79 Å². The molecule has 4 atom stereocenters. The number of benzene rings is 1. The van der Waals surface area contributed by atoms with Crippen molar-refractivity contribution in [3.05, 3.63) is 29.8 Å². The van der Waals surface area contributed by atoms with Crippen LogP contribution in [-0.2, 0) is 14.3 Å². The molecule has 3 fully saturated rings. The summed E-state index contributed by atoms with van der Waals surface area (Å²) in [6.45, 7) is 5.16. The van der Waals surface area contributed by atoms with Crippen LogP contribution in [0.3, 0.4) is 0 Å². The maximum atomic E-state index is 13.1. The molecular weight excluding hydrogens is 306 g/mol. The molecule has 1 amide bonds. The minimum absolute atomic E-state index is 0.0539. The number of carbonyl (C=O) groups excluding carboxylic acids is 2. The van der Waals surface area contributed by atoms with E-state index >= 15 is 0 Å². The molecule has 24 heavy (non-hydrogen) atoms. The molecule has 1 heterocycles. The van der Waals surface area contributed by atoms with Gasteiger partial charge >= 0.3 is 5.97 Å². The highest BCUT2D eigenvalue weighted by molar-refractivity contribution is 5.99. The molecule has 5 heteroatoms. The summed E-state index contributed by atoms with van der Waals surface area (Å²) in [6, 6.07) is 6.76. The summed E-state index contributed by atoms with van der Waals surface area (Å²) in [5, 5.41) is 3.00. The van der Waals surface area contributed by atoms with Crippen LogP contribution in [0.15, 0.2) is 24.3 Å². The number of ether oxygens (including phenoxy) is 2. The summed E-state index contributed by atoms with van der Waals surface area (Å²) in [7, 11) is 1.35. The van der Waals surface area contributed by atoms with Crippen molar-refractivity contribution in [1.82, 2.24) is 0 Å². The standard InChI is InChI=1S/C19H23NO4/c1-17-11-24-19(10-13(17)8-9-18(17,19)2)16(22)20-14-6-4-12(5-7-14)15(21)23-3/h4-7,13H,8-11H2,1-3H3,(H,20,22)/t13-,17-,18+,19-/m0/s1. The Balaban J connectivity index is 1.56. The lowest BCUT2D eigenvalue weighted by atomic mass is 9.66. The molecule has 2 saturated carbocycles. The molecule has 2 aliphatic carbocycles. The fraction of sp³-hybridized carbons (Fsp3) is 0.579. The van der Waals surface area contributed by atoms with E-state index in [1.54, 1.807) is 24.3 Å². The van der Waals surface area contributed by atoms with Gasteiger partial charge in [0.2, 0.25) is 0 Å². The van der Waals surface area contributed by atoms with E-state index in [1.165, 1.54) is 13.5 Å². The molecule has 3 aliphatic rings. The van der Waals surface area contributed by atoms with Crippen molar-refractivity contribution in [3.63, 3.8) is 0 Å². The second-order valence-corrected chi connectivity index (χ2v) is 7.83. The van der Waals surface area contributed by atoms with E-state index in [0.29, 0.717) is 23.8 Å². The molecule has 4 rings (SSSR count). The number of carbonyl (C=O) groups is 2. The number of hydrogen-bond acceptors (Lipinski definition) is 4. The SMILES string of the molecule is COC(=O)c1ccc(NC(=O)[C@@]23C[C@@H]4CC[C@]2(C)[C@@]4(C)CO3)cc1. The van der Waals surface area contributed by atoms with Gasteiger partial charge in [0.25, 0.3) is 5.91 Å². The largest absolute Gasteiger partial charge is 0.465 e. The first-order valence-corrected chi connectivity index (χ1v) is 8.50. The van der Waals surface area contributed by atoms with Crippen molar-refractivity contribution in [2.45, 2.75) is 38.7 Å². The molecule has 5 nitrogen and oxygen atoms in total. The molecule has 0 radical (unpaired) electrons. The van der Waals surface area contributed by atoms with Crippen LogP contribution in [0.25, 0.3) is 0 Å². The van der Waals surface area contributed by atoms with Crippen LogP contribution in [0.5, 0.6) is 0 Å². The van der Waals surface area contributed by atoms with Crippen molar-refractivity contribution in [1.29, 1.82) is 0 Å². The molecular formula is C19H23NO4. The normalized spacial score (nSPS) is 39.0. The van der Waals surface area contributed by atoms with E-state index in [2.05, 4.69) is 23.9 Å². The van der Waals surface area contributed by atoms with Gasteiger partial charge in [-0.3, -0.25) is 4.79 Å². The van der Waals surface area contributed by atoms with Gasteiger partial charge in [0.1, 0.15) is 0 Å². The van der Waals surface area contributed by atoms with Gasteiger partial charge in [-0.2, -0.15) is 0 Å². The molecule has 1 saturated heterocycles. The van der Waals surface area contributed by atoms with E-state index in [4.69, 9.17) is 4.74 Å². The number of nitrogens with one attached hydrogen (secondary N) is 1. The first kappa shape index (κ1) is 15.6. The van der Waals surface area contributed by atoms with E-state index in [-0.39, 0.29) is 22.7 Å². The second-order valence-electron chi connectivity index (χ2n) is 7.83. The fourth-order valence-corrected chi connectivity index (χ4v) is 5.30. The van der Waals surface area contributed by atoms with Crippen molar-refractivity contribution in [2.75, 3.05) is 19.0 Å². The Morgan fingerprint density at radius 3 is 2.54 bits per heavy atom. The lowest BCUT2D eigenvalue weighted by molar-refractivity contribution is -0.149. The maximum Gasteiger partial charge on any atom is 0.337 e. The monoisotopic (exact) mass is 329 g/mol. The van der Waals surface area contributed by atoms with Crippen LogP contribution >= 0.6 is 0 Å². The molecule has 1 aromatic rings. The number of anilines is 1. The van der Waals surface area contributed by atoms with Crippen LogP contribution < -0.4 is 5.32 Å². The Kier molecular flexibility index (Phi) is 3.14. The molecule has 1 N–H and O–H groups in total. The van der Waals surface area contributed by atoms with Gasteiger partial charge in [0, 0.05) is 16.5 Å². The first-order valence-electron chi connectivity index (χ1n) is 8.50. The average molecular weight is 329 g/mol. The van der Waals surface area contributed by atoms with Gasteiger partial charge in [0.15, 0.2) is 5.60 Å². The van der Waals surface area contributed by atoms with Gasteiger partial charge in [-0.15, -0.1) is 0 Å². The van der Waals surface area contributed by atoms with E-state index in [1.807, 2.05) is 0 Å². The summed E-state index contributed by atoms with van der Waals surface area (Å²) in [5.41, 5.74) is 0.432. The highest BCUT2D eigenvalue weighted by atomic mass is 16.5. The van der Waals surface area contributed by atoms with Crippen LogP contribution in [0, 0.1) is 16.7 Å². The predicted molar refractivity (Wildman–Crippen MR) is 88.6 cm³/mol. The zero-order valence-electron chi connectivity index (χ0n) is 14.3. The highest BCUT2D eigenvalue weighted by Gasteiger charge is 2.78. The van der Waals surface area contributed by atoms with Crippen LogP contribution in [-0.4, -0.2) is 31.2 Å². The average Bonchev–Trinajstić information content (AvgIpc) is 3.06. The lowest BCUT2D eigenvalue weighted by Crippen LogP contribution is -2.52. The van der Waals surface area contributed by atoms with Gasteiger partial charge in [-0.05, 0) is 49.4 Å². The predicted octanol–water partition coefficient (Wildman–Crippen LogP) is 3.01. The minimum Gasteiger partial charge on any atom is -0.465 e. The third-order valence-corrected chi connectivity index (χ3v) is 7.13. The molecule has 128 valence electrons. The Morgan fingerprint density at radius 2 is 1.96 bits per heavy atom. The molecule has 4 bridgehead atoms. The summed E-state index contributed by atoms with van der Waals surface area (Å²) >= 11 is 0. The van der Waals surface area contributed by atoms with Crippen molar-refractivity contribution < 1.29 is 19.1 Å². The smallest absolute Gasteiger partial charge is 0.337 e. The van der Waals surface area contributed by atoms with E-state index < -0.39 is 5.60 Å². The zero-order valence-corrected chi connectivity index (χ0v) is 14.3. The summed E-state index contributed by atoms with van der Waals surface area (Å²) in [4.78, 5) is 24.6. The molecule has 1 aromatic carbocycles. The number of amides is 1. The van der Waals surface area contributed by atoms with E-state index in [9.17, 15) is 9.59 Å². The third-order valence-electron chi connectivity index (χ3n) is 7.13. The fourth-order valence-electron chi connectivity index (χ4n) is 5.30. The number of esters is 1. The van der Waals surface area contributed by atoms with Gasteiger partial charge in [-0.1, -0.05) is 13.8 Å². The van der Waals surface area contributed by atoms with Gasteiger partial charge < -0.3 is 14.8 Å². The Bertz CT molecular complexity index is 715. The highest BCUT2D eigenvalue weighted by Crippen LogP contribution is 2.75. The second kappa shape index (κ2) is 4.82. The topological polar surface area (TPSA) is 64.6 Å². The maximum absolute atomic E-state index is 13.1. The Morgan fingerprint density at radius 1 is 1.25 bits per heavy atom. The Labute approximate surface area is 141 Å². The third kappa shape index (κ3) is 1.68. The zero-order chi connectivity index (χ0) is 17.2. The van der Waals surface area contributed by atoms with E-state index in [0.717, 1.165) is 12.8 Å². The van der Waals surface area contributed by atoms with Crippen molar-refractivity contribution in [3.8, 4) is 0 Å². The summed E-state index contributed by atoms with van der Waals surface area (Å²) in [6.07, 6.45) is 3.05. The van der Waals surface area contributed by atoms with Crippen molar-refractivity contribution in [2.24, 2.45) is 16.7 Å². The van der Waals surface area contributed by atoms with Crippen LogP contribution in [0.2, 0.25) is 0 Å². The number of methoxy groups -OCH3 is 1. The quantitative estimate of drug-likeness (QED) is 0.866.